The van der Waals surface area contributed by atoms with Crippen molar-refractivity contribution in [3.05, 3.63) is 17.5 Å². The molecule has 142 valence electrons. The Morgan fingerprint density at radius 1 is 1.32 bits per heavy atom. The predicted molar refractivity (Wildman–Crippen MR) is 106 cm³/mol. The molecule has 0 aliphatic carbocycles. The molecule has 1 aliphatic rings. The average Bonchev–Trinajstić information content (AvgIpc) is 3.13. The van der Waals surface area contributed by atoms with Crippen molar-refractivity contribution in [3.8, 4) is 0 Å². The smallest absolute Gasteiger partial charge is 0.194 e. The number of hydrogen-bond donors (Lipinski definition) is 2. The van der Waals surface area contributed by atoms with E-state index in [9.17, 15) is 5.11 Å². The number of aliphatic hydroxyl groups excluding tert-OH is 1. The quantitative estimate of drug-likeness (QED) is 0.542. The summed E-state index contributed by atoms with van der Waals surface area (Å²) in [7, 11) is 0. The van der Waals surface area contributed by atoms with E-state index in [0.29, 0.717) is 25.7 Å². The van der Waals surface area contributed by atoms with Crippen LogP contribution >= 0.6 is 11.3 Å². The first-order valence-corrected chi connectivity index (χ1v) is 10.1. The topological polar surface area (TPSA) is 60.3 Å². The number of thiophene rings is 1. The van der Waals surface area contributed by atoms with Gasteiger partial charge >= 0.3 is 0 Å². The molecule has 0 amide bonds. The van der Waals surface area contributed by atoms with Crippen LogP contribution in [0.3, 0.4) is 0 Å². The van der Waals surface area contributed by atoms with Crippen LogP contribution in [0.5, 0.6) is 0 Å². The van der Waals surface area contributed by atoms with E-state index in [-0.39, 0.29) is 0 Å². The number of aliphatic hydroxyl groups is 1. The minimum Gasteiger partial charge on any atom is -0.389 e. The van der Waals surface area contributed by atoms with Gasteiger partial charge in [-0.1, -0.05) is 13.8 Å². The summed E-state index contributed by atoms with van der Waals surface area (Å²) in [5.41, 5.74) is 0. The monoisotopic (exact) mass is 368 g/mol. The molecule has 1 atom stereocenters. The van der Waals surface area contributed by atoms with Crippen LogP contribution < -0.4 is 10.2 Å². The summed E-state index contributed by atoms with van der Waals surface area (Å²) in [6.07, 6.45) is -0.556. The zero-order valence-electron chi connectivity index (χ0n) is 15.6. The highest BCUT2D eigenvalue weighted by Crippen LogP contribution is 2.22. The number of nitrogens with one attached hydrogen (secondary N) is 1. The minimum absolute atomic E-state index is 0.341. The summed E-state index contributed by atoms with van der Waals surface area (Å²) < 4.78 is 5.49. The van der Waals surface area contributed by atoms with Crippen molar-refractivity contribution < 1.29 is 9.84 Å². The van der Waals surface area contributed by atoms with Gasteiger partial charge in [-0.25, -0.2) is 0 Å². The second-order valence-corrected chi connectivity index (χ2v) is 7.63. The Labute approximate surface area is 155 Å². The maximum Gasteiger partial charge on any atom is 0.194 e. The van der Waals surface area contributed by atoms with Crippen LogP contribution in [0.4, 0.5) is 5.00 Å². The molecule has 1 aromatic heterocycles. The Morgan fingerprint density at radius 2 is 2.08 bits per heavy atom. The highest BCUT2D eigenvalue weighted by Gasteiger charge is 2.20. The van der Waals surface area contributed by atoms with Gasteiger partial charge in [-0.3, -0.25) is 4.99 Å². The second kappa shape index (κ2) is 10.6. The third-order valence-corrected chi connectivity index (χ3v) is 4.87. The second-order valence-electron chi connectivity index (χ2n) is 6.71. The first-order chi connectivity index (χ1) is 12.1. The lowest BCUT2D eigenvalue weighted by Gasteiger charge is -2.37. The molecule has 2 heterocycles. The number of rotatable bonds is 8. The number of aliphatic imine (C=N–C) groups is 1. The van der Waals surface area contributed by atoms with Gasteiger partial charge in [0.15, 0.2) is 5.96 Å². The Balaban J connectivity index is 1.81. The fraction of sp³-hybridized carbons (Fsp3) is 0.722. The van der Waals surface area contributed by atoms with E-state index in [0.717, 1.165) is 38.7 Å². The van der Waals surface area contributed by atoms with Crippen molar-refractivity contribution in [2.24, 2.45) is 10.9 Å². The fourth-order valence-corrected chi connectivity index (χ4v) is 3.48. The standard InChI is InChI=1S/C18H32N4O2S/c1-4-19-18(20-12-16(23)14-24-13-15(2)3)22-9-7-21(8-10-22)17-6-5-11-25-17/h5-6,11,15-16,23H,4,7-10,12-14H2,1-3H3,(H,19,20). The fourth-order valence-electron chi connectivity index (χ4n) is 2.70. The number of hydrogen-bond acceptors (Lipinski definition) is 5. The minimum atomic E-state index is -0.556. The molecule has 0 bridgehead atoms. The SMILES string of the molecule is CCNC(=NCC(O)COCC(C)C)N1CCN(c2cccs2)CC1. The van der Waals surface area contributed by atoms with E-state index in [1.54, 1.807) is 11.3 Å². The molecule has 2 rings (SSSR count). The number of anilines is 1. The molecule has 1 saturated heterocycles. The van der Waals surface area contributed by atoms with E-state index < -0.39 is 6.10 Å². The molecular formula is C18H32N4O2S. The zero-order valence-corrected chi connectivity index (χ0v) is 16.5. The van der Waals surface area contributed by atoms with Gasteiger partial charge in [0.05, 0.1) is 24.3 Å². The van der Waals surface area contributed by atoms with Crippen LogP contribution in [0.1, 0.15) is 20.8 Å². The van der Waals surface area contributed by atoms with Crippen molar-refractivity contribution in [1.29, 1.82) is 0 Å². The first-order valence-electron chi connectivity index (χ1n) is 9.17. The van der Waals surface area contributed by atoms with Crippen LogP contribution in [0.25, 0.3) is 0 Å². The molecule has 2 N–H and O–H groups in total. The van der Waals surface area contributed by atoms with E-state index >= 15 is 0 Å². The van der Waals surface area contributed by atoms with Crippen molar-refractivity contribution in [1.82, 2.24) is 10.2 Å². The number of guanidine groups is 1. The molecule has 6 nitrogen and oxygen atoms in total. The Bertz CT molecular complexity index is 499. The van der Waals surface area contributed by atoms with Crippen molar-refractivity contribution in [3.63, 3.8) is 0 Å². The lowest BCUT2D eigenvalue weighted by atomic mass is 10.2. The van der Waals surface area contributed by atoms with Crippen LogP contribution in [-0.2, 0) is 4.74 Å². The molecule has 7 heteroatoms. The normalized spacial score (nSPS) is 17.2. The maximum absolute atomic E-state index is 10.1. The molecule has 1 unspecified atom stereocenters. The molecule has 0 saturated carbocycles. The Hall–Kier alpha value is -1.31. The number of piperazine rings is 1. The number of nitrogens with zero attached hydrogens (tertiary/aromatic N) is 3. The largest absolute Gasteiger partial charge is 0.389 e. The molecular weight excluding hydrogens is 336 g/mol. The van der Waals surface area contributed by atoms with Gasteiger partial charge in [-0.05, 0) is 30.4 Å². The highest BCUT2D eigenvalue weighted by molar-refractivity contribution is 7.14. The molecule has 1 aromatic rings. The first kappa shape index (κ1) is 20.0. The zero-order chi connectivity index (χ0) is 18.1. The summed E-state index contributed by atoms with van der Waals surface area (Å²) in [6.45, 7) is 12.3. The van der Waals surface area contributed by atoms with Gasteiger partial charge < -0.3 is 25.0 Å². The van der Waals surface area contributed by atoms with Gasteiger partial charge in [0.2, 0.25) is 0 Å². The lowest BCUT2D eigenvalue weighted by molar-refractivity contribution is 0.0300. The molecule has 1 fully saturated rings. The Morgan fingerprint density at radius 3 is 2.68 bits per heavy atom. The van der Waals surface area contributed by atoms with Gasteiger partial charge in [0.25, 0.3) is 0 Å². The van der Waals surface area contributed by atoms with E-state index in [1.165, 1.54) is 5.00 Å². The summed E-state index contributed by atoms with van der Waals surface area (Å²) in [5, 5.41) is 16.9. The third-order valence-electron chi connectivity index (χ3n) is 3.95. The van der Waals surface area contributed by atoms with Gasteiger partial charge in [-0.2, -0.15) is 0 Å². The van der Waals surface area contributed by atoms with Crippen LogP contribution in [0.2, 0.25) is 0 Å². The van der Waals surface area contributed by atoms with Gasteiger partial charge in [0, 0.05) is 39.3 Å². The van der Waals surface area contributed by atoms with Gasteiger partial charge in [-0.15, -0.1) is 11.3 Å². The number of ether oxygens (including phenoxy) is 1. The predicted octanol–water partition coefficient (Wildman–Crippen LogP) is 1.87. The summed E-state index contributed by atoms with van der Waals surface area (Å²) in [5.74, 6) is 1.36. The van der Waals surface area contributed by atoms with E-state index in [4.69, 9.17) is 4.74 Å². The average molecular weight is 369 g/mol. The van der Waals surface area contributed by atoms with E-state index in [2.05, 4.69) is 58.4 Å². The molecule has 0 radical (unpaired) electrons. The summed E-state index contributed by atoms with van der Waals surface area (Å²) in [6, 6.07) is 4.27. The van der Waals surface area contributed by atoms with E-state index in [1.807, 2.05) is 0 Å². The van der Waals surface area contributed by atoms with Crippen molar-refractivity contribution in [2.45, 2.75) is 26.9 Å². The maximum atomic E-state index is 10.1. The van der Waals surface area contributed by atoms with Crippen molar-refractivity contribution in [2.75, 3.05) is 57.4 Å². The van der Waals surface area contributed by atoms with Crippen molar-refractivity contribution >= 4 is 22.3 Å². The third kappa shape index (κ3) is 6.84. The van der Waals surface area contributed by atoms with Crippen LogP contribution in [-0.4, -0.2) is 74.6 Å². The molecule has 1 aliphatic heterocycles. The molecule has 25 heavy (non-hydrogen) atoms. The molecule has 0 aromatic carbocycles. The van der Waals surface area contributed by atoms with Crippen LogP contribution in [0, 0.1) is 5.92 Å². The lowest BCUT2D eigenvalue weighted by Crippen LogP contribution is -2.52. The summed E-state index contributed by atoms with van der Waals surface area (Å²) in [4.78, 5) is 9.30. The summed E-state index contributed by atoms with van der Waals surface area (Å²) >= 11 is 1.79. The molecule has 0 spiro atoms. The van der Waals surface area contributed by atoms with Gasteiger partial charge in [0.1, 0.15) is 0 Å². The Kier molecular flexibility index (Phi) is 8.51. The van der Waals surface area contributed by atoms with Crippen LogP contribution in [0.15, 0.2) is 22.5 Å². The highest BCUT2D eigenvalue weighted by atomic mass is 32.1.